The van der Waals surface area contributed by atoms with Crippen molar-refractivity contribution in [2.24, 2.45) is 0 Å². The summed E-state index contributed by atoms with van der Waals surface area (Å²) in [5.74, 6) is -0.228. The van der Waals surface area contributed by atoms with Gasteiger partial charge in [0.1, 0.15) is 11.9 Å². The van der Waals surface area contributed by atoms with Gasteiger partial charge in [0, 0.05) is 18.7 Å². The van der Waals surface area contributed by atoms with Gasteiger partial charge in [-0.1, -0.05) is 6.07 Å². The van der Waals surface area contributed by atoms with Crippen molar-refractivity contribution >= 4 is 5.97 Å². The van der Waals surface area contributed by atoms with Crippen molar-refractivity contribution in [2.75, 3.05) is 13.6 Å². The summed E-state index contributed by atoms with van der Waals surface area (Å²) in [5.41, 5.74) is 1.31. The minimum Gasteiger partial charge on any atom is -0.489 e. The lowest BCUT2D eigenvalue weighted by atomic mass is 10.1. The van der Waals surface area contributed by atoms with Crippen LogP contribution in [0.3, 0.4) is 0 Å². The molecule has 0 saturated carbocycles. The van der Waals surface area contributed by atoms with Crippen molar-refractivity contribution in [3.63, 3.8) is 0 Å². The molecule has 1 atom stereocenters. The van der Waals surface area contributed by atoms with Gasteiger partial charge >= 0.3 is 5.97 Å². The van der Waals surface area contributed by atoms with Crippen LogP contribution in [0.5, 0.6) is 5.75 Å². The van der Waals surface area contributed by atoms with Crippen LogP contribution in [0, 0.1) is 0 Å². The molecule has 0 aliphatic carbocycles. The minimum absolute atomic E-state index is 0.0790. The van der Waals surface area contributed by atoms with Crippen LogP contribution in [0.25, 0.3) is 0 Å². The van der Waals surface area contributed by atoms with Gasteiger partial charge in [-0.15, -0.1) is 0 Å². The second-order valence-electron chi connectivity index (χ2n) is 4.25. The molecule has 16 heavy (non-hydrogen) atoms. The monoisotopic (exact) mass is 221 g/mol. The third kappa shape index (κ3) is 2.17. The van der Waals surface area contributed by atoms with Crippen LogP contribution in [-0.4, -0.2) is 35.7 Å². The molecular formula is C12H15NO3. The molecule has 4 heteroatoms. The SMILES string of the molecule is CC1CN(C)Cc2ccc(C(=O)O)cc2O1. The van der Waals surface area contributed by atoms with Crippen LogP contribution in [0.15, 0.2) is 18.2 Å². The van der Waals surface area contributed by atoms with Crippen LogP contribution in [0.4, 0.5) is 0 Å². The summed E-state index contributed by atoms with van der Waals surface area (Å²) in [4.78, 5) is 13.0. The van der Waals surface area contributed by atoms with E-state index in [0.717, 1.165) is 18.7 Å². The molecule has 1 heterocycles. The Hall–Kier alpha value is -1.55. The predicted molar refractivity (Wildman–Crippen MR) is 59.8 cm³/mol. The Kier molecular flexibility index (Phi) is 2.83. The molecule has 0 bridgehead atoms. The highest BCUT2D eigenvalue weighted by Crippen LogP contribution is 2.25. The van der Waals surface area contributed by atoms with Gasteiger partial charge in [0.2, 0.25) is 0 Å². The van der Waals surface area contributed by atoms with E-state index >= 15 is 0 Å². The van der Waals surface area contributed by atoms with Crippen LogP contribution >= 0.6 is 0 Å². The number of rotatable bonds is 1. The molecule has 0 saturated heterocycles. The summed E-state index contributed by atoms with van der Waals surface area (Å²) in [6.07, 6.45) is 0.0790. The van der Waals surface area contributed by atoms with Crippen LogP contribution in [0.1, 0.15) is 22.8 Å². The van der Waals surface area contributed by atoms with Crippen molar-refractivity contribution in [3.05, 3.63) is 29.3 Å². The third-order valence-corrected chi connectivity index (χ3v) is 2.65. The maximum Gasteiger partial charge on any atom is 0.335 e. The molecule has 1 aromatic carbocycles. The Morgan fingerprint density at radius 2 is 2.31 bits per heavy atom. The molecule has 4 nitrogen and oxygen atoms in total. The van der Waals surface area contributed by atoms with Gasteiger partial charge in [-0.25, -0.2) is 4.79 Å². The van der Waals surface area contributed by atoms with Gasteiger partial charge in [0.05, 0.1) is 5.56 Å². The summed E-state index contributed by atoms with van der Waals surface area (Å²) >= 11 is 0. The highest BCUT2D eigenvalue weighted by atomic mass is 16.5. The van der Waals surface area contributed by atoms with Crippen LogP contribution in [-0.2, 0) is 6.54 Å². The molecule has 1 aliphatic rings. The van der Waals surface area contributed by atoms with Gasteiger partial charge in [-0.2, -0.15) is 0 Å². The first-order valence-corrected chi connectivity index (χ1v) is 5.27. The van der Waals surface area contributed by atoms with E-state index in [4.69, 9.17) is 9.84 Å². The van der Waals surface area contributed by atoms with E-state index in [9.17, 15) is 4.79 Å². The molecule has 1 aliphatic heterocycles. The molecule has 0 amide bonds. The average molecular weight is 221 g/mol. The molecule has 0 aromatic heterocycles. The number of benzene rings is 1. The summed E-state index contributed by atoms with van der Waals surface area (Å²) < 4.78 is 5.71. The van der Waals surface area contributed by atoms with Crippen molar-refractivity contribution < 1.29 is 14.6 Å². The first kappa shape index (κ1) is 11.0. The number of carbonyl (C=O) groups is 1. The number of fused-ring (bicyclic) bond motifs is 1. The van der Waals surface area contributed by atoms with Gasteiger partial charge in [0.15, 0.2) is 0 Å². The van der Waals surface area contributed by atoms with E-state index in [1.165, 1.54) is 0 Å². The fourth-order valence-electron chi connectivity index (χ4n) is 1.98. The Balaban J connectivity index is 2.38. The molecule has 1 aromatic rings. The molecular weight excluding hydrogens is 206 g/mol. The van der Waals surface area contributed by atoms with Crippen LogP contribution in [0.2, 0.25) is 0 Å². The van der Waals surface area contributed by atoms with Crippen molar-refractivity contribution in [1.82, 2.24) is 4.90 Å². The number of nitrogens with zero attached hydrogens (tertiary/aromatic N) is 1. The lowest BCUT2D eigenvalue weighted by molar-refractivity contribution is 0.0696. The average Bonchev–Trinajstić information content (AvgIpc) is 2.32. The lowest BCUT2D eigenvalue weighted by Crippen LogP contribution is -2.27. The Morgan fingerprint density at radius 3 is 3.00 bits per heavy atom. The zero-order valence-corrected chi connectivity index (χ0v) is 9.43. The third-order valence-electron chi connectivity index (χ3n) is 2.65. The summed E-state index contributed by atoms with van der Waals surface area (Å²) in [7, 11) is 2.03. The first-order valence-electron chi connectivity index (χ1n) is 5.27. The van der Waals surface area contributed by atoms with E-state index in [1.807, 2.05) is 20.0 Å². The molecule has 1 N–H and O–H groups in total. The maximum absolute atomic E-state index is 10.9. The topological polar surface area (TPSA) is 49.8 Å². The molecule has 0 radical (unpaired) electrons. The fourth-order valence-corrected chi connectivity index (χ4v) is 1.98. The van der Waals surface area contributed by atoms with Crippen molar-refractivity contribution in [3.8, 4) is 5.75 Å². The number of carboxylic acids is 1. The van der Waals surface area contributed by atoms with E-state index in [0.29, 0.717) is 5.75 Å². The Morgan fingerprint density at radius 1 is 1.56 bits per heavy atom. The lowest BCUT2D eigenvalue weighted by Gasteiger charge is -2.15. The number of likely N-dealkylation sites (N-methyl/N-ethyl adjacent to an activating group) is 1. The normalized spacial score (nSPS) is 20.8. The zero-order valence-electron chi connectivity index (χ0n) is 9.43. The van der Waals surface area contributed by atoms with Gasteiger partial charge in [-0.05, 0) is 26.1 Å². The molecule has 0 spiro atoms. The number of ether oxygens (including phenoxy) is 1. The number of hydrogen-bond donors (Lipinski definition) is 1. The van der Waals surface area contributed by atoms with Gasteiger partial charge in [0.25, 0.3) is 0 Å². The predicted octanol–water partition coefficient (Wildman–Crippen LogP) is 1.60. The molecule has 0 fully saturated rings. The maximum atomic E-state index is 10.9. The van der Waals surface area contributed by atoms with Gasteiger partial charge in [-0.3, -0.25) is 4.90 Å². The number of hydrogen-bond acceptors (Lipinski definition) is 3. The van der Waals surface area contributed by atoms with Crippen molar-refractivity contribution in [1.29, 1.82) is 0 Å². The number of carboxylic acid groups (broad SMARTS) is 1. The van der Waals surface area contributed by atoms with Crippen molar-refractivity contribution in [2.45, 2.75) is 19.6 Å². The smallest absolute Gasteiger partial charge is 0.335 e. The summed E-state index contributed by atoms with van der Waals surface area (Å²) in [6, 6.07) is 5.05. The standard InChI is InChI=1S/C12H15NO3/c1-8-6-13(2)7-10-4-3-9(12(14)15)5-11(10)16-8/h3-5,8H,6-7H2,1-2H3,(H,14,15). The molecule has 86 valence electrons. The summed E-state index contributed by atoms with van der Waals surface area (Å²) in [6.45, 7) is 3.62. The molecule has 1 unspecified atom stereocenters. The quantitative estimate of drug-likeness (QED) is 0.782. The van der Waals surface area contributed by atoms with Gasteiger partial charge < -0.3 is 9.84 Å². The van der Waals surface area contributed by atoms with Crippen LogP contribution < -0.4 is 4.74 Å². The fraction of sp³-hybridized carbons (Fsp3) is 0.417. The molecule has 2 rings (SSSR count). The highest BCUT2D eigenvalue weighted by molar-refractivity contribution is 5.88. The minimum atomic E-state index is -0.920. The second-order valence-corrected chi connectivity index (χ2v) is 4.25. The zero-order chi connectivity index (χ0) is 11.7. The Bertz CT molecular complexity index is 417. The summed E-state index contributed by atoms with van der Waals surface area (Å²) in [5, 5.41) is 8.91. The van der Waals surface area contributed by atoms with E-state index < -0.39 is 5.97 Å². The highest BCUT2D eigenvalue weighted by Gasteiger charge is 2.18. The first-order chi connectivity index (χ1) is 7.56. The largest absolute Gasteiger partial charge is 0.489 e. The Labute approximate surface area is 94.4 Å². The van der Waals surface area contributed by atoms with E-state index in [1.54, 1.807) is 12.1 Å². The number of aromatic carboxylic acids is 1. The van der Waals surface area contributed by atoms with E-state index in [-0.39, 0.29) is 11.7 Å². The second kappa shape index (κ2) is 4.14. The van der Waals surface area contributed by atoms with E-state index in [2.05, 4.69) is 4.90 Å².